The normalized spacial score (nSPS) is 11.1. The first-order valence-corrected chi connectivity index (χ1v) is 7.39. The third kappa shape index (κ3) is 4.76. The van der Waals surface area contributed by atoms with Gasteiger partial charge in [-0.15, -0.1) is 0 Å². The van der Waals surface area contributed by atoms with Crippen molar-refractivity contribution >= 4 is 40.5 Å². The maximum absolute atomic E-state index is 11.8. The quantitative estimate of drug-likeness (QED) is 0.642. The van der Waals surface area contributed by atoms with Crippen molar-refractivity contribution in [3.63, 3.8) is 0 Å². The van der Waals surface area contributed by atoms with Crippen molar-refractivity contribution in [3.8, 4) is 0 Å². The van der Waals surface area contributed by atoms with Gasteiger partial charge in [-0.05, 0) is 36.8 Å². The average molecular weight is 336 g/mol. The minimum Gasteiger partial charge on any atom is -0.375 e. The molecular formula is C16H15Cl2N3O. The fraction of sp³-hybridized carbons (Fsp3) is 0.125. The van der Waals surface area contributed by atoms with E-state index in [-0.39, 0.29) is 12.5 Å². The lowest BCUT2D eigenvalue weighted by atomic mass is 10.1. The molecule has 0 bridgehead atoms. The molecule has 2 aromatic rings. The predicted octanol–water partition coefficient (Wildman–Crippen LogP) is 3.95. The number of amides is 1. The van der Waals surface area contributed by atoms with Crippen LogP contribution in [0.4, 0.5) is 5.69 Å². The fourth-order valence-electron chi connectivity index (χ4n) is 1.72. The Morgan fingerprint density at radius 2 is 1.77 bits per heavy atom. The number of benzene rings is 2. The molecule has 0 aliphatic carbocycles. The Morgan fingerprint density at radius 1 is 1.09 bits per heavy atom. The molecule has 0 heterocycles. The van der Waals surface area contributed by atoms with Crippen molar-refractivity contribution in [1.29, 1.82) is 0 Å². The lowest BCUT2D eigenvalue weighted by molar-refractivity contribution is -0.119. The zero-order valence-electron chi connectivity index (χ0n) is 11.9. The molecule has 114 valence electrons. The van der Waals surface area contributed by atoms with Crippen molar-refractivity contribution in [2.75, 3.05) is 11.9 Å². The molecule has 1 amide bonds. The number of rotatable bonds is 5. The van der Waals surface area contributed by atoms with E-state index in [1.165, 1.54) is 0 Å². The van der Waals surface area contributed by atoms with Gasteiger partial charge in [-0.25, -0.2) is 5.43 Å². The molecule has 0 saturated heterocycles. The van der Waals surface area contributed by atoms with Crippen LogP contribution in [0.3, 0.4) is 0 Å². The highest BCUT2D eigenvalue weighted by Gasteiger charge is 2.03. The summed E-state index contributed by atoms with van der Waals surface area (Å²) in [5, 5.41) is 8.24. The van der Waals surface area contributed by atoms with Crippen LogP contribution in [0.2, 0.25) is 10.0 Å². The second-order valence-corrected chi connectivity index (χ2v) is 5.42. The number of para-hydroxylation sites is 1. The summed E-state index contributed by atoms with van der Waals surface area (Å²) in [6.07, 6.45) is 0. The number of nitrogens with zero attached hydrogens (tertiary/aromatic N) is 1. The molecule has 22 heavy (non-hydrogen) atoms. The van der Waals surface area contributed by atoms with E-state index in [0.29, 0.717) is 21.4 Å². The highest BCUT2D eigenvalue weighted by Crippen LogP contribution is 2.19. The van der Waals surface area contributed by atoms with Gasteiger partial charge in [0.25, 0.3) is 5.91 Å². The third-order valence-electron chi connectivity index (χ3n) is 2.92. The molecule has 0 unspecified atom stereocenters. The van der Waals surface area contributed by atoms with Crippen molar-refractivity contribution < 1.29 is 4.79 Å². The SMILES string of the molecule is C/C(=N\NC(=O)CNc1ccccc1Cl)c1ccc(Cl)cc1. The molecule has 0 radical (unpaired) electrons. The summed E-state index contributed by atoms with van der Waals surface area (Å²) >= 11 is 11.8. The number of nitrogens with one attached hydrogen (secondary N) is 2. The molecule has 0 fully saturated rings. The summed E-state index contributed by atoms with van der Waals surface area (Å²) in [5.74, 6) is -0.256. The van der Waals surface area contributed by atoms with Crippen LogP contribution in [0.15, 0.2) is 53.6 Å². The summed E-state index contributed by atoms with van der Waals surface area (Å²) in [6, 6.07) is 14.5. The Hall–Kier alpha value is -2.04. The van der Waals surface area contributed by atoms with Gasteiger partial charge in [0.15, 0.2) is 0 Å². The van der Waals surface area contributed by atoms with Gasteiger partial charge in [0, 0.05) is 5.02 Å². The van der Waals surface area contributed by atoms with Gasteiger partial charge >= 0.3 is 0 Å². The number of hydrogen-bond donors (Lipinski definition) is 2. The Labute approximate surface area is 139 Å². The average Bonchev–Trinajstić information content (AvgIpc) is 2.52. The van der Waals surface area contributed by atoms with Crippen molar-refractivity contribution in [2.45, 2.75) is 6.92 Å². The fourth-order valence-corrected chi connectivity index (χ4v) is 2.05. The highest BCUT2D eigenvalue weighted by molar-refractivity contribution is 6.33. The van der Waals surface area contributed by atoms with Crippen LogP contribution in [0, 0.1) is 0 Å². The van der Waals surface area contributed by atoms with Gasteiger partial charge in [-0.2, -0.15) is 5.10 Å². The number of carbonyl (C=O) groups is 1. The Kier molecular flexibility index (Phi) is 5.81. The third-order valence-corrected chi connectivity index (χ3v) is 3.51. The zero-order chi connectivity index (χ0) is 15.9. The number of anilines is 1. The Bertz CT molecular complexity index is 684. The zero-order valence-corrected chi connectivity index (χ0v) is 13.4. The first kappa shape index (κ1) is 16.3. The molecule has 4 nitrogen and oxygen atoms in total. The summed E-state index contributed by atoms with van der Waals surface area (Å²) < 4.78 is 0. The minimum atomic E-state index is -0.256. The van der Waals surface area contributed by atoms with E-state index in [0.717, 1.165) is 5.56 Å². The monoisotopic (exact) mass is 335 g/mol. The van der Waals surface area contributed by atoms with E-state index in [1.807, 2.05) is 31.2 Å². The van der Waals surface area contributed by atoms with Gasteiger partial charge < -0.3 is 5.32 Å². The maximum atomic E-state index is 11.8. The molecule has 6 heteroatoms. The minimum absolute atomic E-state index is 0.0845. The highest BCUT2D eigenvalue weighted by atomic mass is 35.5. The Morgan fingerprint density at radius 3 is 2.45 bits per heavy atom. The van der Waals surface area contributed by atoms with E-state index >= 15 is 0 Å². The standard InChI is InChI=1S/C16H15Cl2N3O/c1-11(12-6-8-13(17)9-7-12)20-21-16(22)10-19-15-5-3-2-4-14(15)18/h2-9,19H,10H2,1H3,(H,21,22)/b20-11+. The van der Waals surface area contributed by atoms with Crippen molar-refractivity contribution in [1.82, 2.24) is 5.43 Å². The molecule has 0 aromatic heterocycles. The smallest absolute Gasteiger partial charge is 0.259 e. The topological polar surface area (TPSA) is 53.5 Å². The molecule has 0 spiro atoms. The van der Waals surface area contributed by atoms with Gasteiger partial charge in [0.1, 0.15) is 0 Å². The van der Waals surface area contributed by atoms with E-state index in [2.05, 4.69) is 15.8 Å². The van der Waals surface area contributed by atoms with E-state index < -0.39 is 0 Å². The van der Waals surface area contributed by atoms with Gasteiger partial charge in [-0.1, -0.05) is 47.5 Å². The first-order valence-electron chi connectivity index (χ1n) is 6.64. The second kappa shape index (κ2) is 7.82. The van der Waals surface area contributed by atoms with Crippen LogP contribution >= 0.6 is 23.2 Å². The van der Waals surface area contributed by atoms with Crippen LogP contribution in [0.25, 0.3) is 0 Å². The number of hydrazone groups is 1. The molecule has 0 aliphatic rings. The van der Waals surface area contributed by atoms with Crippen LogP contribution in [0.5, 0.6) is 0 Å². The lowest BCUT2D eigenvalue weighted by Gasteiger charge is -2.07. The van der Waals surface area contributed by atoms with E-state index in [4.69, 9.17) is 23.2 Å². The van der Waals surface area contributed by atoms with E-state index in [9.17, 15) is 4.79 Å². The molecular weight excluding hydrogens is 321 g/mol. The summed E-state index contributed by atoms with van der Waals surface area (Å²) in [4.78, 5) is 11.8. The van der Waals surface area contributed by atoms with Crippen LogP contribution in [-0.4, -0.2) is 18.2 Å². The van der Waals surface area contributed by atoms with Crippen molar-refractivity contribution in [3.05, 3.63) is 64.1 Å². The molecule has 0 aliphatic heterocycles. The number of hydrogen-bond acceptors (Lipinski definition) is 3. The summed E-state index contributed by atoms with van der Waals surface area (Å²) in [5.41, 5.74) is 4.79. The molecule has 0 atom stereocenters. The van der Waals surface area contributed by atoms with Gasteiger partial charge in [-0.3, -0.25) is 4.79 Å². The molecule has 2 aromatic carbocycles. The second-order valence-electron chi connectivity index (χ2n) is 4.57. The maximum Gasteiger partial charge on any atom is 0.259 e. The van der Waals surface area contributed by atoms with Gasteiger partial charge in [0.05, 0.1) is 23.0 Å². The van der Waals surface area contributed by atoms with Gasteiger partial charge in [0.2, 0.25) is 0 Å². The first-order chi connectivity index (χ1) is 10.6. The van der Waals surface area contributed by atoms with E-state index in [1.54, 1.807) is 24.3 Å². The number of carbonyl (C=O) groups excluding carboxylic acids is 1. The molecule has 2 N–H and O–H groups in total. The Balaban J connectivity index is 1.88. The molecule has 2 rings (SSSR count). The predicted molar refractivity (Wildman–Crippen MR) is 91.7 cm³/mol. The molecule has 0 saturated carbocycles. The number of halogens is 2. The largest absolute Gasteiger partial charge is 0.375 e. The summed E-state index contributed by atoms with van der Waals surface area (Å²) in [7, 11) is 0. The van der Waals surface area contributed by atoms with Crippen LogP contribution in [0.1, 0.15) is 12.5 Å². The summed E-state index contributed by atoms with van der Waals surface area (Å²) in [6.45, 7) is 1.89. The van der Waals surface area contributed by atoms with Crippen LogP contribution < -0.4 is 10.7 Å². The lowest BCUT2D eigenvalue weighted by Crippen LogP contribution is -2.26. The van der Waals surface area contributed by atoms with Crippen molar-refractivity contribution in [2.24, 2.45) is 5.10 Å². The van der Waals surface area contributed by atoms with Crippen LogP contribution in [-0.2, 0) is 4.79 Å².